The average Bonchev–Trinajstić information content (AvgIpc) is 2.98. The number of rotatable bonds is 4. The number of hydrazine groups is 1. The molecular formula is C16H17BrN4O3S. The zero-order valence-corrected chi connectivity index (χ0v) is 16.0. The quantitative estimate of drug-likeness (QED) is 0.567. The van der Waals surface area contributed by atoms with Gasteiger partial charge in [0.15, 0.2) is 0 Å². The van der Waals surface area contributed by atoms with E-state index in [4.69, 9.17) is 0 Å². The van der Waals surface area contributed by atoms with Gasteiger partial charge in [0.25, 0.3) is 11.8 Å². The molecule has 132 valence electrons. The van der Waals surface area contributed by atoms with Crippen LogP contribution in [0.5, 0.6) is 0 Å². The molecule has 0 spiro atoms. The van der Waals surface area contributed by atoms with Gasteiger partial charge in [-0.3, -0.25) is 20.4 Å². The zero-order chi connectivity index (χ0) is 18.4. The molecule has 0 saturated heterocycles. The Balaban J connectivity index is 1.87. The smallest absolute Gasteiger partial charge is 0.319 e. The Labute approximate surface area is 157 Å². The number of benzene rings is 1. The van der Waals surface area contributed by atoms with Crippen molar-refractivity contribution in [3.05, 3.63) is 50.6 Å². The van der Waals surface area contributed by atoms with E-state index in [1.54, 1.807) is 36.4 Å². The minimum absolute atomic E-state index is 0.0256. The highest BCUT2D eigenvalue weighted by atomic mass is 79.9. The van der Waals surface area contributed by atoms with Crippen LogP contribution < -0.4 is 21.5 Å². The Morgan fingerprint density at radius 1 is 0.960 bits per heavy atom. The van der Waals surface area contributed by atoms with Crippen molar-refractivity contribution in [2.24, 2.45) is 0 Å². The van der Waals surface area contributed by atoms with Gasteiger partial charge in [0.05, 0.1) is 8.66 Å². The maximum atomic E-state index is 12.0. The van der Waals surface area contributed by atoms with Gasteiger partial charge in [-0.2, -0.15) is 0 Å². The number of nitrogens with one attached hydrogen (secondary N) is 4. The molecule has 0 radical (unpaired) electrons. The molecule has 4 N–H and O–H groups in total. The lowest BCUT2D eigenvalue weighted by molar-refractivity contribution is 0.0849. The number of thiophene rings is 1. The number of carbonyl (C=O) groups is 3. The summed E-state index contributed by atoms with van der Waals surface area (Å²) in [6, 6.07) is 9.42. The van der Waals surface area contributed by atoms with Crippen LogP contribution >= 0.6 is 27.3 Å². The molecule has 0 atom stereocenters. The van der Waals surface area contributed by atoms with Gasteiger partial charge < -0.3 is 10.6 Å². The molecule has 0 bridgehead atoms. The molecule has 0 aliphatic carbocycles. The fourth-order valence-corrected chi connectivity index (χ4v) is 3.10. The molecular weight excluding hydrogens is 408 g/mol. The third-order valence-corrected chi connectivity index (χ3v) is 4.53. The van der Waals surface area contributed by atoms with E-state index >= 15 is 0 Å². The lowest BCUT2D eigenvalue weighted by Gasteiger charge is -2.10. The second kappa shape index (κ2) is 8.63. The van der Waals surface area contributed by atoms with Crippen LogP contribution in [0.15, 0.2) is 40.2 Å². The minimum Gasteiger partial charge on any atom is -0.336 e. The molecule has 1 aromatic carbocycles. The van der Waals surface area contributed by atoms with Crippen molar-refractivity contribution in [3.8, 4) is 0 Å². The van der Waals surface area contributed by atoms with Crippen LogP contribution in [0.1, 0.15) is 33.9 Å². The fraction of sp³-hybridized carbons (Fsp3) is 0.188. The molecule has 4 amide bonds. The van der Waals surface area contributed by atoms with Crippen molar-refractivity contribution in [2.75, 3.05) is 5.32 Å². The Hall–Kier alpha value is -2.39. The third-order valence-electron chi connectivity index (χ3n) is 2.91. The summed E-state index contributed by atoms with van der Waals surface area (Å²) in [5.41, 5.74) is 5.60. The van der Waals surface area contributed by atoms with Crippen molar-refractivity contribution in [1.29, 1.82) is 0 Å². The normalized spacial score (nSPS) is 10.2. The first-order chi connectivity index (χ1) is 11.8. The summed E-state index contributed by atoms with van der Waals surface area (Å²) in [6.45, 7) is 3.71. The van der Waals surface area contributed by atoms with Crippen molar-refractivity contribution >= 4 is 50.8 Å². The third kappa shape index (κ3) is 5.87. The van der Waals surface area contributed by atoms with E-state index in [0.29, 0.717) is 16.1 Å². The molecule has 0 aliphatic heterocycles. The van der Waals surface area contributed by atoms with Gasteiger partial charge in [-0.15, -0.1) is 11.3 Å². The Morgan fingerprint density at radius 2 is 1.60 bits per heavy atom. The molecule has 1 heterocycles. The zero-order valence-electron chi connectivity index (χ0n) is 13.6. The van der Waals surface area contributed by atoms with Gasteiger partial charge in [0.2, 0.25) is 0 Å². The van der Waals surface area contributed by atoms with Crippen LogP contribution in [0.25, 0.3) is 0 Å². The molecule has 0 aliphatic rings. The first kappa shape index (κ1) is 18.9. The van der Waals surface area contributed by atoms with Crippen LogP contribution in [-0.4, -0.2) is 23.9 Å². The number of amides is 4. The SMILES string of the molecule is CC(C)NC(=O)Nc1ccc(C(=O)NNC(=O)c2ccc(Br)s2)cc1. The molecule has 9 heteroatoms. The molecule has 0 fully saturated rings. The molecule has 2 aromatic rings. The Kier molecular flexibility index (Phi) is 6.54. The van der Waals surface area contributed by atoms with E-state index in [1.807, 2.05) is 13.8 Å². The predicted octanol–water partition coefficient (Wildman–Crippen LogP) is 3.12. The highest BCUT2D eigenvalue weighted by molar-refractivity contribution is 9.11. The van der Waals surface area contributed by atoms with E-state index in [2.05, 4.69) is 37.4 Å². The lowest BCUT2D eigenvalue weighted by Crippen LogP contribution is -2.41. The molecule has 2 rings (SSSR count). The standard InChI is InChI=1S/C16H17BrN4O3S/c1-9(2)18-16(24)19-11-5-3-10(4-6-11)14(22)20-21-15(23)12-7-8-13(17)25-12/h3-9H,1-2H3,(H,20,22)(H,21,23)(H2,18,19,24). The van der Waals surface area contributed by atoms with Crippen LogP contribution in [0.2, 0.25) is 0 Å². The number of urea groups is 1. The minimum atomic E-state index is -0.456. The first-order valence-electron chi connectivity index (χ1n) is 7.39. The van der Waals surface area contributed by atoms with Crippen molar-refractivity contribution in [3.63, 3.8) is 0 Å². The summed E-state index contributed by atoms with van der Waals surface area (Å²) in [5, 5.41) is 5.36. The maximum absolute atomic E-state index is 12.0. The number of anilines is 1. The monoisotopic (exact) mass is 424 g/mol. The van der Waals surface area contributed by atoms with Gasteiger partial charge in [-0.1, -0.05) is 0 Å². The van der Waals surface area contributed by atoms with E-state index in [1.165, 1.54) is 11.3 Å². The van der Waals surface area contributed by atoms with Crippen molar-refractivity contribution < 1.29 is 14.4 Å². The van der Waals surface area contributed by atoms with Gasteiger partial charge >= 0.3 is 6.03 Å². The second-order valence-corrected chi connectivity index (χ2v) is 7.81. The summed E-state index contributed by atoms with van der Waals surface area (Å²) in [6.07, 6.45) is 0. The first-order valence-corrected chi connectivity index (χ1v) is 8.99. The summed E-state index contributed by atoms with van der Waals surface area (Å²) < 4.78 is 0.827. The van der Waals surface area contributed by atoms with Crippen LogP contribution in [0.3, 0.4) is 0 Å². The second-order valence-electron chi connectivity index (χ2n) is 5.34. The van der Waals surface area contributed by atoms with E-state index in [-0.39, 0.29) is 12.1 Å². The van der Waals surface area contributed by atoms with Crippen LogP contribution in [0.4, 0.5) is 10.5 Å². The molecule has 25 heavy (non-hydrogen) atoms. The van der Waals surface area contributed by atoms with E-state index in [9.17, 15) is 14.4 Å². The fourth-order valence-electron chi connectivity index (χ4n) is 1.82. The molecule has 0 unspecified atom stereocenters. The Morgan fingerprint density at radius 3 is 2.16 bits per heavy atom. The molecule has 0 saturated carbocycles. The number of hydrogen-bond acceptors (Lipinski definition) is 4. The highest BCUT2D eigenvalue weighted by Crippen LogP contribution is 2.21. The van der Waals surface area contributed by atoms with Crippen LogP contribution in [-0.2, 0) is 0 Å². The summed E-state index contributed by atoms with van der Waals surface area (Å²) in [5.74, 6) is -0.852. The van der Waals surface area contributed by atoms with Crippen molar-refractivity contribution in [2.45, 2.75) is 19.9 Å². The number of carbonyl (C=O) groups excluding carboxylic acids is 3. The van der Waals surface area contributed by atoms with E-state index in [0.717, 1.165) is 3.79 Å². The number of halogens is 1. The van der Waals surface area contributed by atoms with E-state index < -0.39 is 11.8 Å². The molecule has 7 nitrogen and oxygen atoms in total. The van der Waals surface area contributed by atoms with Crippen LogP contribution in [0, 0.1) is 0 Å². The van der Waals surface area contributed by atoms with Gasteiger partial charge in [0, 0.05) is 17.3 Å². The summed E-state index contributed by atoms with van der Waals surface area (Å²) in [7, 11) is 0. The number of hydrogen-bond donors (Lipinski definition) is 4. The lowest BCUT2D eigenvalue weighted by atomic mass is 10.2. The van der Waals surface area contributed by atoms with Gasteiger partial charge in [0.1, 0.15) is 0 Å². The largest absolute Gasteiger partial charge is 0.336 e. The van der Waals surface area contributed by atoms with Crippen molar-refractivity contribution in [1.82, 2.24) is 16.2 Å². The maximum Gasteiger partial charge on any atom is 0.319 e. The van der Waals surface area contributed by atoms with Gasteiger partial charge in [-0.25, -0.2) is 4.79 Å². The molecule has 1 aromatic heterocycles. The topological polar surface area (TPSA) is 99.3 Å². The summed E-state index contributed by atoms with van der Waals surface area (Å²) in [4.78, 5) is 36.0. The highest BCUT2D eigenvalue weighted by Gasteiger charge is 2.11. The van der Waals surface area contributed by atoms with Gasteiger partial charge in [-0.05, 0) is 66.2 Å². The predicted molar refractivity (Wildman–Crippen MR) is 101 cm³/mol. The Bertz CT molecular complexity index is 774. The average molecular weight is 425 g/mol. The summed E-state index contributed by atoms with van der Waals surface area (Å²) >= 11 is 4.53.